The number of benzene rings is 1. The molecular weight excluding hydrogens is 306 g/mol. The molecule has 0 saturated heterocycles. The Morgan fingerprint density at radius 1 is 1.08 bits per heavy atom. The van der Waals surface area contributed by atoms with Gasteiger partial charge in [0.1, 0.15) is 11.6 Å². The van der Waals surface area contributed by atoms with E-state index in [-0.39, 0.29) is 11.6 Å². The van der Waals surface area contributed by atoms with Crippen LogP contribution in [0.15, 0.2) is 54.6 Å². The number of para-hydroxylation sites is 1. The smallest absolute Gasteiger partial charge is 0.271 e. The monoisotopic (exact) mass is 321 g/mol. The van der Waals surface area contributed by atoms with Crippen LogP contribution in [0.2, 0.25) is 0 Å². The van der Waals surface area contributed by atoms with Crippen LogP contribution in [-0.4, -0.2) is 21.1 Å². The van der Waals surface area contributed by atoms with Crippen LogP contribution in [0.3, 0.4) is 0 Å². The Bertz CT molecular complexity index is 868. The highest BCUT2D eigenvalue weighted by Gasteiger charge is 2.14. The van der Waals surface area contributed by atoms with Gasteiger partial charge in [0.05, 0.1) is 5.69 Å². The summed E-state index contributed by atoms with van der Waals surface area (Å²) in [6.45, 7) is 1.87. The number of aryl methyl sites for hydroxylation is 1. The van der Waals surface area contributed by atoms with Gasteiger partial charge in [-0.1, -0.05) is 24.3 Å². The van der Waals surface area contributed by atoms with Crippen molar-refractivity contribution in [2.45, 2.75) is 6.92 Å². The fourth-order valence-corrected chi connectivity index (χ4v) is 2.06. The van der Waals surface area contributed by atoms with Crippen LogP contribution in [0.1, 0.15) is 16.2 Å². The summed E-state index contributed by atoms with van der Waals surface area (Å²) in [7, 11) is 0. The Kier molecular flexibility index (Phi) is 4.33. The lowest BCUT2D eigenvalue weighted by Crippen LogP contribution is -2.16. The standard InChI is InChI=1S/C17H15N5O2/c1-11-6-5-9-14(19-11)20-13-10-15(21-22-16(13)17(18)23)24-12-7-3-2-4-8-12/h2-10H,1H3,(H2,18,23)(H,19,20,21). The number of nitrogens with zero attached hydrogens (tertiary/aromatic N) is 3. The van der Waals surface area contributed by atoms with E-state index in [2.05, 4.69) is 20.5 Å². The first-order valence-electron chi connectivity index (χ1n) is 7.23. The number of anilines is 2. The predicted molar refractivity (Wildman–Crippen MR) is 89.3 cm³/mol. The number of pyridine rings is 1. The molecule has 3 N–H and O–H groups in total. The molecular formula is C17H15N5O2. The normalized spacial score (nSPS) is 10.2. The van der Waals surface area contributed by atoms with Crippen LogP contribution in [0.5, 0.6) is 11.6 Å². The second kappa shape index (κ2) is 6.74. The number of nitrogens with two attached hydrogens (primary N) is 1. The van der Waals surface area contributed by atoms with Crippen molar-refractivity contribution in [3.05, 3.63) is 66.0 Å². The van der Waals surface area contributed by atoms with E-state index in [0.29, 0.717) is 17.3 Å². The largest absolute Gasteiger partial charge is 0.437 e. The maximum Gasteiger partial charge on any atom is 0.271 e. The maximum atomic E-state index is 11.6. The molecule has 3 aromatic rings. The molecule has 2 heterocycles. The molecule has 0 fully saturated rings. The number of primary amides is 1. The van der Waals surface area contributed by atoms with Crippen molar-refractivity contribution < 1.29 is 9.53 Å². The van der Waals surface area contributed by atoms with Crippen LogP contribution in [0.25, 0.3) is 0 Å². The van der Waals surface area contributed by atoms with Crippen molar-refractivity contribution in [2.75, 3.05) is 5.32 Å². The number of amides is 1. The minimum Gasteiger partial charge on any atom is -0.437 e. The SMILES string of the molecule is Cc1cccc(Nc2cc(Oc3ccccc3)nnc2C(N)=O)n1. The predicted octanol–water partition coefficient (Wildman–Crippen LogP) is 2.81. The fraction of sp³-hybridized carbons (Fsp3) is 0.0588. The van der Waals surface area contributed by atoms with Gasteiger partial charge in [0.15, 0.2) is 5.69 Å². The van der Waals surface area contributed by atoms with Crippen LogP contribution in [-0.2, 0) is 0 Å². The van der Waals surface area contributed by atoms with Crippen molar-refractivity contribution in [2.24, 2.45) is 5.73 Å². The molecule has 0 spiro atoms. The van der Waals surface area contributed by atoms with Crippen molar-refractivity contribution in [3.63, 3.8) is 0 Å². The minimum absolute atomic E-state index is 0.0127. The van der Waals surface area contributed by atoms with Gasteiger partial charge in [-0.05, 0) is 31.2 Å². The van der Waals surface area contributed by atoms with Gasteiger partial charge in [0.2, 0.25) is 5.88 Å². The number of nitrogens with one attached hydrogen (secondary N) is 1. The average molecular weight is 321 g/mol. The summed E-state index contributed by atoms with van der Waals surface area (Å²) in [5.41, 5.74) is 6.58. The van der Waals surface area contributed by atoms with E-state index >= 15 is 0 Å². The van der Waals surface area contributed by atoms with Gasteiger partial charge in [0.25, 0.3) is 5.91 Å². The number of hydrogen-bond acceptors (Lipinski definition) is 6. The molecule has 1 amide bonds. The second-order valence-electron chi connectivity index (χ2n) is 5.01. The Balaban J connectivity index is 1.92. The van der Waals surface area contributed by atoms with Gasteiger partial charge in [-0.25, -0.2) is 4.98 Å². The number of hydrogen-bond donors (Lipinski definition) is 2. The topological polar surface area (TPSA) is 103 Å². The zero-order valence-corrected chi connectivity index (χ0v) is 12.9. The van der Waals surface area contributed by atoms with E-state index in [9.17, 15) is 4.79 Å². The van der Waals surface area contributed by atoms with Crippen LogP contribution in [0.4, 0.5) is 11.5 Å². The van der Waals surface area contributed by atoms with Crippen molar-refractivity contribution in [1.29, 1.82) is 0 Å². The number of carbonyl (C=O) groups excluding carboxylic acids is 1. The third-order valence-corrected chi connectivity index (χ3v) is 3.12. The highest BCUT2D eigenvalue weighted by atomic mass is 16.5. The summed E-state index contributed by atoms with van der Waals surface area (Å²) < 4.78 is 5.63. The Morgan fingerprint density at radius 3 is 2.58 bits per heavy atom. The van der Waals surface area contributed by atoms with Crippen molar-refractivity contribution in [1.82, 2.24) is 15.2 Å². The molecule has 1 aromatic carbocycles. The molecule has 0 aliphatic carbocycles. The van der Waals surface area contributed by atoms with Gasteiger partial charge < -0.3 is 15.8 Å². The van der Waals surface area contributed by atoms with E-state index < -0.39 is 5.91 Å². The molecule has 7 heteroatoms. The summed E-state index contributed by atoms with van der Waals surface area (Å²) in [6, 6.07) is 16.2. The van der Waals surface area contributed by atoms with Crippen LogP contribution in [0, 0.1) is 6.92 Å². The lowest BCUT2D eigenvalue weighted by atomic mass is 10.3. The van der Waals surface area contributed by atoms with Gasteiger partial charge in [-0.3, -0.25) is 4.79 Å². The lowest BCUT2D eigenvalue weighted by molar-refractivity contribution is 0.0995. The molecule has 0 unspecified atom stereocenters. The molecule has 120 valence electrons. The van der Waals surface area contributed by atoms with Gasteiger partial charge in [0, 0.05) is 11.8 Å². The van der Waals surface area contributed by atoms with Crippen LogP contribution < -0.4 is 15.8 Å². The molecule has 24 heavy (non-hydrogen) atoms. The summed E-state index contributed by atoms with van der Waals surface area (Å²) in [4.78, 5) is 15.9. The van der Waals surface area contributed by atoms with Gasteiger partial charge in [-0.15, -0.1) is 10.2 Å². The molecule has 7 nitrogen and oxygen atoms in total. The third-order valence-electron chi connectivity index (χ3n) is 3.12. The Morgan fingerprint density at radius 2 is 1.88 bits per heavy atom. The molecule has 0 aliphatic rings. The summed E-state index contributed by atoms with van der Waals surface area (Å²) in [5.74, 6) is 0.722. The summed E-state index contributed by atoms with van der Waals surface area (Å²) in [6.07, 6.45) is 0. The summed E-state index contributed by atoms with van der Waals surface area (Å²) >= 11 is 0. The quantitative estimate of drug-likeness (QED) is 0.749. The highest BCUT2D eigenvalue weighted by Crippen LogP contribution is 2.25. The molecule has 0 aliphatic heterocycles. The molecule has 3 rings (SSSR count). The van der Waals surface area contributed by atoms with Crippen LogP contribution >= 0.6 is 0 Å². The number of ether oxygens (including phenoxy) is 1. The number of carbonyl (C=O) groups is 1. The molecule has 0 atom stereocenters. The lowest BCUT2D eigenvalue weighted by Gasteiger charge is -2.11. The van der Waals surface area contributed by atoms with Gasteiger partial charge >= 0.3 is 0 Å². The molecule has 0 radical (unpaired) electrons. The minimum atomic E-state index is -0.691. The zero-order chi connectivity index (χ0) is 16.9. The molecule has 0 saturated carbocycles. The maximum absolute atomic E-state index is 11.6. The highest BCUT2D eigenvalue weighted by molar-refractivity contribution is 5.97. The second-order valence-corrected chi connectivity index (χ2v) is 5.01. The first-order chi connectivity index (χ1) is 11.6. The zero-order valence-electron chi connectivity index (χ0n) is 12.9. The van der Waals surface area contributed by atoms with E-state index in [1.54, 1.807) is 24.3 Å². The number of rotatable bonds is 5. The van der Waals surface area contributed by atoms with E-state index in [0.717, 1.165) is 5.69 Å². The molecule has 2 aromatic heterocycles. The fourth-order valence-electron chi connectivity index (χ4n) is 2.06. The summed E-state index contributed by atoms with van der Waals surface area (Å²) in [5, 5.41) is 10.8. The molecule has 0 bridgehead atoms. The first-order valence-corrected chi connectivity index (χ1v) is 7.23. The third kappa shape index (κ3) is 3.64. The van der Waals surface area contributed by atoms with E-state index in [1.807, 2.05) is 37.3 Å². The van der Waals surface area contributed by atoms with Gasteiger partial charge in [-0.2, -0.15) is 0 Å². The van der Waals surface area contributed by atoms with Crippen molar-refractivity contribution in [3.8, 4) is 11.6 Å². The van der Waals surface area contributed by atoms with Crippen molar-refractivity contribution >= 4 is 17.4 Å². The van der Waals surface area contributed by atoms with E-state index in [4.69, 9.17) is 10.5 Å². The first kappa shape index (κ1) is 15.4. The Labute approximate surface area is 138 Å². The number of aromatic nitrogens is 3. The Hall–Kier alpha value is -3.48. The van der Waals surface area contributed by atoms with E-state index in [1.165, 1.54) is 0 Å². The average Bonchev–Trinajstić information content (AvgIpc) is 2.56.